The molecule has 0 saturated carbocycles. The first-order valence-electron chi connectivity index (χ1n) is 5.98. The van der Waals surface area contributed by atoms with Crippen molar-refractivity contribution in [2.45, 2.75) is 13.0 Å². The van der Waals surface area contributed by atoms with E-state index in [1.807, 2.05) is 0 Å². The maximum absolute atomic E-state index is 10.7. The average Bonchev–Trinajstić information content (AvgIpc) is 2.37. The highest BCUT2D eigenvalue weighted by atomic mass is 79.9. The molecule has 21 heavy (non-hydrogen) atoms. The predicted octanol–water partition coefficient (Wildman–Crippen LogP) is 4.86. The molecule has 0 aromatic heterocycles. The summed E-state index contributed by atoms with van der Waals surface area (Å²) in [5, 5.41) is 20.3. The topological polar surface area (TPSA) is 72.6 Å². The zero-order valence-electron chi connectivity index (χ0n) is 10.9. The number of benzene rings is 2. The first-order chi connectivity index (χ1) is 9.88. The highest BCUT2D eigenvalue weighted by Crippen LogP contribution is 2.33. The van der Waals surface area contributed by atoms with E-state index in [4.69, 9.17) is 16.3 Å². The SMILES string of the molecule is CC(O)c1ccc(Oc2ccc([N+](=O)[O-])c(Cl)c2)cc1Br. The fourth-order valence-corrected chi connectivity index (χ4v) is 2.67. The summed E-state index contributed by atoms with van der Waals surface area (Å²) in [6, 6.07) is 9.28. The molecule has 7 heteroatoms. The van der Waals surface area contributed by atoms with Crippen LogP contribution in [0, 0.1) is 10.1 Å². The molecular formula is C14H11BrClNO4. The third kappa shape index (κ3) is 3.72. The summed E-state index contributed by atoms with van der Waals surface area (Å²) in [6.07, 6.45) is -0.595. The van der Waals surface area contributed by atoms with Crippen molar-refractivity contribution in [3.05, 3.63) is 61.6 Å². The maximum Gasteiger partial charge on any atom is 0.288 e. The lowest BCUT2D eigenvalue weighted by atomic mass is 10.1. The Labute approximate surface area is 134 Å². The summed E-state index contributed by atoms with van der Waals surface area (Å²) in [5.74, 6) is 0.915. The molecule has 0 heterocycles. The van der Waals surface area contributed by atoms with Gasteiger partial charge in [-0.3, -0.25) is 10.1 Å². The number of nitrogens with zero attached hydrogens (tertiary/aromatic N) is 1. The minimum atomic E-state index is -0.595. The highest BCUT2D eigenvalue weighted by Gasteiger charge is 2.13. The van der Waals surface area contributed by atoms with E-state index in [0.717, 1.165) is 5.56 Å². The summed E-state index contributed by atoms with van der Waals surface area (Å²) in [6.45, 7) is 1.66. The molecule has 0 aliphatic carbocycles. The van der Waals surface area contributed by atoms with Crippen LogP contribution < -0.4 is 4.74 Å². The lowest BCUT2D eigenvalue weighted by Crippen LogP contribution is -1.94. The monoisotopic (exact) mass is 371 g/mol. The Morgan fingerprint density at radius 1 is 1.29 bits per heavy atom. The van der Waals surface area contributed by atoms with E-state index >= 15 is 0 Å². The molecule has 0 spiro atoms. The van der Waals surface area contributed by atoms with Crippen LogP contribution in [-0.4, -0.2) is 10.0 Å². The zero-order valence-corrected chi connectivity index (χ0v) is 13.3. The summed E-state index contributed by atoms with van der Waals surface area (Å²) < 4.78 is 6.30. The van der Waals surface area contributed by atoms with Gasteiger partial charge in [-0.1, -0.05) is 33.6 Å². The second kappa shape index (κ2) is 6.43. The van der Waals surface area contributed by atoms with Gasteiger partial charge in [-0.25, -0.2) is 0 Å². The number of hydrogen-bond donors (Lipinski definition) is 1. The van der Waals surface area contributed by atoms with Crippen molar-refractivity contribution in [3.63, 3.8) is 0 Å². The van der Waals surface area contributed by atoms with Gasteiger partial charge in [0.15, 0.2) is 0 Å². The van der Waals surface area contributed by atoms with Crippen LogP contribution in [0.1, 0.15) is 18.6 Å². The standard InChI is InChI=1S/C14H11BrClNO4/c1-8(18)11-4-2-9(6-12(11)15)21-10-3-5-14(17(19)20)13(16)7-10/h2-8,18H,1H3. The number of nitro groups is 1. The van der Waals surface area contributed by atoms with Gasteiger partial charge in [0.2, 0.25) is 0 Å². The molecule has 1 N–H and O–H groups in total. The van der Waals surface area contributed by atoms with Crippen LogP contribution in [-0.2, 0) is 0 Å². The molecule has 2 rings (SSSR count). The Morgan fingerprint density at radius 3 is 2.43 bits per heavy atom. The molecule has 0 radical (unpaired) electrons. The molecule has 2 aromatic rings. The van der Waals surface area contributed by atoms with E-state index < -0.39 is 11.0 Å². The average molecular weight is 373 g/mol. The smallest absolute Gasteiger partial charge is 0.288 e. The molecule has 0 bridgehead atoms. The van der Waals surface area contributed by atoms with Crippen molar-refractivity contribution in [3.8, 4) is 11.5 Å². The van der Waals surface area contributed by atoms with Gasteiger partial charge in [-0.05, 0) is 30.7 Å². The molecule has 0 aliphatic heterocycles. The van der Waals surface area contributed by atoms with E-state index in [1.54, 1.807) is 25.1 Å². The lowest BCUT2D eigenvalue weighted by Gasteiger charge is -2.11. The second-order valence-electron chi connectivity index (χ2n) is 4.33. The maximum atomic E-state index is 10.7. The third-order valence-corrected chi connectivity index (χ3v) is 3.76. The normalized spacial score (nSPS) is 12.0. The first-order valence-corrected chi connectivity index (χ1v) is 7.15. The number of rotatable bonds is 4. The largest absolute Gasteiger partial charge is 0.457 e. The van der Waals surface area contributed by atoms with Gasteiger partial charge < -0.3 is 9.84 Å². The minimum absolute atomic E-state index is 0.0113. The van der Waals surface area contributed by atoms with Crippen LogP contribution in [0.4, 0.5) is 5.69 Å². The van der Waals surface area contributed by atoms with Gasteiger partial charge in [0.25, 0.3) is 5.69 Å². The molecule has 0 fully saturated rings. The van der Waals surface area contributed by atoms with E-state index in [-0.39, 0.29) is 10.7 Å². The summed E-state index contributed by atoms with van der Waals surface area (Å²) >= 11 is 9.18. The van der Waals surface area contributed by atoms with Gasteiger partial charge in [0.1, 0.15) is 16.5 Å². The Balaban J connectivity index is 2.24. The van der Waals surface area contributed by atoms with Gasteiger partial charge in [0, 0.05) is 16.6 Å². The first kappa shape index (κ1) is 15.8. The fraction of sp³-hybridized carbons (Fsp3) is 0.143. The Hall–Kier alpha value is -1.63. The minimum Gasteiger partial charge on any atom is -0.457 e. The van der Waals surface area contributed by atoms with Crippen LogP contribution in [0.3, 0.4) is 0 Å². The number of aliphatic hydroxyl groups excluding tert-OH is 1. The summed E-state index contributed by atoms with van der Waals surface area (Å²) in [4.78, 5) is 10.1. The molecule has 2 aromatic carbocycles. The van der Waals surface area contributed by atoms with Crippen molar-refractivity contribution in [1.29, 1.82) is 0 Å². The Kier molecular flexibility index (Phi) is 4.82. The highest BCUT2D eigenvalue weighted by molar-refractivity contribution is 9.10. The predicted molar refractivity (Wildman–Crippen MR) is 83.0 cm³/mol. The molecule has 0 saturated heterocycles. The van der Waals surface area contributed by atoms with Crippen molar-refractivity contribution in [2.75, 3.05) is 0 Å². The van der Waals surface area contributed by atoms with Crippen molar-refractivity contribution < 1.29 is 14.8 Å². The number of halogens is 2. The number of aliphatic hydroxyl groups is 1. The van der Waals surface area contributed by atoms with E-state index in [2.05, 4.69) is 15.9 Å². The lowest BCUT2D eigenvalue weighted by molar-refractivity contribution is -0.384. The quantitative estimate of drug-likeness (QED) is 0.614. The van der Waals surface area contributed by atoms with Crippen LogP contribution in [0.15, 0.2) is 40.9 Å². The molecule has 110 valence electrons. The molecule has 1 atom stereocenters. The summed E-state index contributed by atoms with van der Waals surface area (Å²) in [7, 11) is 0. The van der Waals surface area contributed by atoms with Crippen molar-refractivity contribution in [1.82, 2.24) is 0 Å². The number of hydrogen-bond acceptors (Lipinski definition) is 4. The molecular weight excluding hydrogens is 362 g/mol. The van der Waals surface area contributed by atoms with Gasteiger partial charge in [0.05, 0.1) is 11.0 Å². The van der Waals surface area contributed by atoms with Crippen LogP contribution in [0.25, 0.3) is 0 Å². The van der Waals surface area contributed by atoms with E-state index in [1.165, 1.54) is 18.2 Å². The van der Waals surface area contributed by atoms with Crippen LogP contribution >= 0.6 is 27.5 Å². The fourth-order valence-electron chi connectivity index (χ4n) is 1.75. The van der Waals surface area contributed by atoms with E-state index in [9.17, 15) is 15.2 Å². The van der Waals surface area contributed by atoms with Gasteiger partial charge >= 0.3 is 0 Å². The zero-order chi connectivity index (χ0) is 15.6. The van der Waals surface area contributed by atoms with Crippen molar-refractivity contribution in [2.24, 2.45) is 0 Å². The van der Waals surface area contributed by atoms with Gasteiger partial charge in [-0.15, -0.1) is 0 Å². The molecule has 0 amide bonds. The van der Waals surface area contributed by atoms with Gasteiger partial charge in [-0.2, -0.15) is 0 Å². The number of nitro benzene ring substituents is 1. The summed E-state index contributed by atoms with van der Waals surface area (Å²) in [5.41, 5.74) is 0.568. The van der Waals surface area contributed by atoms with Crippen LogP contribution in [0.2, 0.25) is 5.02 Å². The molecule has 5 nitrogen and oxygen atoms in total. The Bertz CT molecular complexity index is 691. The second-order valence-corrected chi connectivity index (χ2v) is 5.59. The van der Waals surface area contributed by atoms with E-state index in [0.29, 0.717) is 16.0 Å². The molecule has 0 aliphatic rings. The third-order valence-electron chi connectivity index (χ3n) is 2.77. The van der Waals surface area contributed by atoms with Crippen molar-refractivity contribution >= 4 is 33.2 Å². The Morgan fingerprint density at radius 2 is 1.90 bits per heavy atom. The van der Waals surface area contributed by atoms with Crippen LogP contribution in [0.5, 0.6) is 11.5 Å². The number of ether oxygens (including phenoxy) is 1. The molecule has 1 unspecified atom stereocenters.